The summed E-state index contributed by atoms with van der Waals surface area (Å²) < 4.78 is 0. The third-order valence-corrected chi connectivity index (χ3v) is 2.54. The summed E-state index contributed by atoms with van der Waals surface area (Å²) in [5, 5.41) is 4.48. The maximum absolute atomic E-state index is 4.48. The van der Waals surface area contributed by atoms with Crippen LogP contribution in [0, 0.1) is 0 Å². The van der Waals surface area contributed by atoms with Gasteiger partial charge < -0.3 is 10.3 Å². The zero-order valence-electron chi connectivity index (χ0n) is 8.63. The minimum absolute atomic E-state index is 0. The Labute approximate surface area is 98.7 Å². The van der Waals surface area contributed by atoms with Crippen LogP contribution in [0.3, 0.4) is 0 Å². The molecule has 0 aliphatic carbocycles. The second-order valence-corrected chi connectivity index (χ2v) is 3.94. The second kappa shape index (κ2) is 5.07. The van der Waals surface area contributed by atoms with Crippen LogP contribution in [-0.2, 0) is 20.4 Å². The van der Waals surface area contributed by atoms with Crippen LogP contribution < -0.4 is 0 Å². The molecule has 0 aromatic carbocycles. The monoisotopic (exact) mass is 365 g/mol. The molecule has 4 heteroatoms. The smallest absolute Gasteiger partial charge is 0.0880 e. The van der Waals surface area contributed by atoms with Gasteiger partial charge in [0.2, 0.25) is 0 Å². The van der Waals surface area contributed by atoms with Gasteiger partial charge in [-0.15, -0.1) is 6.54 Å². The maximum atomic E-state index is 4.48. The number of H-pyrrole nitrogens is 1. The van der Waals surface area contributed by atoms with Crippen LogP contribution in [-0.4, -0.2) is 16.5 Å². The molecule has 3 nitrogen and oxygen atoms in total. The van der Waals surface area contributed by atoms with Crippen molar-refractivity contribution >= 4 is 0 Å². The van der Waals surface area contributed by atoms with E-state index in [2.05, 4.69) is 29.1 Å². The van der Waals surface area contributed by atoms with Gasteiger partial charge in [0, 0.05) is 32.3 Å². The van der Waals surface area contributed by atoms with E-state index in [1.54, 1.807) is 0 Å². The van der Waals surface area contributed by atoms with Gasteiger partial charge in [0.05, 0.1) is 5.82 Å². The molecule has 1 N–H and O–H groups in total. The van der Waals surface area contributed by atoms with E-state index in [9.17, 15) is 0 Å². The zero-order chi connectivity index (χ0) is 9.26. The molecule has 2 heterocycles. The Morgan fingerprint density at radius 2 is 2.36 bits per heavy atom. The van der Waals surface area contributed by atoms with Crippen LogP contribution in [0.2, 0.25) is 0 Å². The molecular formula is C10H16N3Re-. The van der Waals surface area contributed by atoms with Crippen molar-refractivity contribution in [3.8, 4) is 0 Å². The molecule has 1 aliphatic heterocycles. The van der Waals surface area contributed by atoms with Gasteiger partial charge in [-0.25, -0.2) is 4.98 Å². The molecule has 0 bridgehead atoms. The number of hydrogen-bond donors (Lipinski definition) is 1. The second-order valence-electron chi connectivity index (χ2n) is 3.94. The first kappa shape index (κ1) is 11.9. The first-order chi connectivity index (χ1) is 6.27. The summed E-state index contributed by atoms with van der Waals surface area (Å²) in [6, 6.07) is 0.340. The molecule has 0 saturated carbocycles. The average molecular weight is 364 g/mol. The normalized spacial score (nSPS) is 21.2. The molecule has 0 spiro atoms. The first-order valence-corrected chi connectivity index (χ1v) is 4.99. The summed E-state index contributed by atoms with van der Waals surface area (Å²) >= 11 is 0. The van der Waals surface area contributed by atoms with Crippen LogP contribution in [0.4, 0.5) is 0 Å². The predicted molar refractivity (Wildman–Crippen MR) is 52.9 cm³/mol. The molecule has 1 aliphatic rings. The average Bonchev–Trinajstić information content (AvgIpc) is 2.75. The maximum Gasteiger partial charge on any atom is 0.0880 e. The fraction of sp³-hybridized carbons (Fsp3) is 0.700. The van der Waals surface area contributed by atoms with Gasteiger partial charge in [0.15, 0.2) is 0 Å². The fourth-order valence-electron chi connectivity index (χ4n) is 1.66. The van der Waals surface area contributed by atoms with E-state index >= 15 is 0 Å². The predicted octanol–water partition coefficient (Wildman–Crippen LogP) is 2.74. The van der Waals surface area contributed by atoms with Gasteiger partial charge in [-0.1, -0.05) is 32.7 Å². The zero-order valence-corrected chi connectivity index (χ0v) is 11.3. The third kappa shape index (κ3) is 2.44. The molecule has 0 amide bonds. The van der Waals surface area contributed by atoms with Gasteiger partial charge in [-0.2, -0.15) is 0 Å². The van der Waals surface area contributed by atoms with Crippen molar-refractivity contribution in [2.45, 2.75) is 38.6 Å². The first-order valence-electron chi connectivity index (χ1n) is 4.99. The number of imidazole rings is 1. The van der Waals surface area contributed by atoms with E-state index in [0.717, 1.165) is 18.8 Å². The largest absolute Gasteiger partial charge is 0.653 e. The Hall–Kier alpha value is -0.168. The quantitative estimate of drug-likeness (QED) is 0.862. The molecule has 1 aromatic heterocycles. The Bertz CT molecular complexity index is 277. The number of aromatic amines is 1. The standard InChI is InChI=1S/C10H16N3.Re/c1-7(2)9-6-12-10(13-9)8-4-3-5-11-8;/h6-8H,3-5H2,1-2H3,(H,12,13);/q-1;. The number of hydrogen-bond acceptors (Lipinski definition) is 1. The van der Waals surface area contributed by atoms with E-state index < -0.39 is 0 Å². The van der Waals surface area contributed by atoms with Gasteiger partial charge in [-0.05, 0) is 5.92 Å². The summed E-state index contributed by atoms with van der Waals surface area (Å²) in [4.78, 5) is 7.72. The van der Waals surface area contributed by atoms with Crippen molar-refractivity contribution in [3.05, 3.63) is 23.0 Å². The Morgan fingerprint density at radius 3 is 2.86 bits per heavy atom. The molecule has 1 radical (unpaired) electrons. The van der Waals surface area contributed by atoms with Gasteiger partial charge in [0.25, 0.3) is 0 Å². The van der Waals surface area contributed by atoms with Gasteiger partial charge >= 0.3 is 0 Å². The van der Waals surface area contributed by atoms with Crippen molar-refractivity contribution in [2.75, 3.05) is 6.54 Å². The van der Waals surface area contributed by atoms with Crippen molar-refractivity contribution < 1.29 is 20.4 Å². The number of rotatable bonds is 2. The van der Waals surface area contributed by atoms with E-state index in [1.807, 2.05) is 6.20 Å². The SMILES string of the molecule is CC(C)c1cnc(C2CCC[N-]2)[nH]1.[Re]. The molecule has 1 saturated heterocycles. The molecule has 1 aromatic rings. The van der Waals surface area contributed by atoms with E-state index in [-0.39, 0.29) is 20.4 Å². The van der Waals surface area contributed by atoms with Crippen molar-refractivity contribution in [3.63, 3.8) is 0 Å². The van der Waals surface area contributed by atoms with Crippen LogP contribution in [0.15, 0.2) is 6.20 Å². The summed E-state index contributed by atoms with van der Waals surface area (Å²) in [7, 11) is 0. The molecule has 1 atom stereocenters. The Balaban J connectivity index is 0.000000980. The molecule has 14 heavy (non-hydrogen) atoms. The van der Waals surface area contributed by atoms with Gasteiger partial charge in [0.1, 0.15) is 0 Å². The Morgan fingerprint density at radius 1 is 1.57 bits per heavy atom. The number of nitrogens with zero attached hydrogens (tertiary/aromatic N) is 2. The van der Waals surface area contributed by atoms with Gasteiger partial charge in [-0.3, -0.25) is 0 Å². The number of aromatic nitrogens is 2. The molecular weight excluding hydrogens is 348 g/mol. The van der Waals surface area contributed by atoms with Crippen LogP contribution in [0.25, 0.3) is 5.32 Å². The minimum Gasteiger partial charge on any atom is -0.653 e. The minimum atomic E-state index is 0. The summed E-state index contributed by atoms with van der Waals surface area (Å²) in [5.74, 6) is 1.59. The van der Waals surface area contributed by atoms with Crippen LogP contribution in [0.5, 0.6) is 0 Å². The molecule has 2 rings (SSSR count). The summed E-state index contributed by atoms with van der Waals surface area (Å²) in [6.07, 6.45) is 4.31. The van der Waals surface area contributed by atoms with Crippen molar-refractivity contribution in [1.29, 1.82) is 0 Å². The van der Waals surface area contributed by atoms with E-state index in [4.69, 9.17) is 0 Å². The summed E-state index contributed by atoms with van der Waals surface area (Å²) in [6.45, 7) is 5.34. The fourth-order valence-corrected chi connectivity index (χ4v) is 1.66. The topological polar surface area (TPSA) is 42.8 Å². The molecule has 1 fully saturated rings. The molecule has 1 unspecified atom stereocenters. The van der Waals surface area contributed by atoms with Crippen molar-refractivity contribution in [2.24, 2.45) is 0 Å². The van der Waals surface area contributed by atoms with Crippen molar-refractivity contribution in [1.82, 2.24) is 9.97 Å². The number of nitrogens with one attached hydrogen (secondary N) is 1. The third-order valence-electron chi connectivity index (χ3n) is 2.54. The van der Waals surface area contributed by atoms with Crippen LogP contribution >= 0.6 is 0 Å². The summed E-state index contributed by atoms with van der Waals surface area (Å²) in [5.41, 5.74) is 1.22. The van der Waals surface area contributed by atoms with E-state index in [1.165, 1.54) is 12.1 Å². The Kier molecular flexibility index (Phi) is 4.31. The van der Waals surface area contributed by atoms with Crippen LogP contribution in [0.1, 0.15) is 50.2 Å². The molecule has 79 valence electrons. The van der Waals surface area contributed by atoms with E-state index in [0.29, 0.717) is 12.0 Å².